The Morgan fingerprint density at radius 2 is 2.44 bits per heavy atom. The Morgan fingerprint density at radius 3 is 3.06 bits per heavy atom. The Balaban J connectivity index is 2.50. The van der Waals surface area contributed by atoms with E-state index < -0.39 is 0 Å². The second-order valence-electron chi connectivity index (χ2n) is 3.44. The molecule has 0 saturated heterocycles. The van der Waals surface area contributed by atoms with Crippen LogP contribution in [0.4, 0.5) is 5.69 Å². The van der Waals surface area contributed by atoms with Crippen LogP contribution >= 0.6 is 0 Å². The molecule has 0 aliphatic rings. The predicted octanol–water partition coefficient (Wildman–Crippen LogP) is 0.819. The van der Waals surface area contributed by atoms with Gasteiger partial charge in [0.1, 0.15) is 0 Å². The zero-order valence-electron chi connectivity index (χ0n) is 9.56. The second kappa shape index (κ2) is 6.07. The van der Waals surface area contributed by atoms with Crippen LogP contribution in [0.2, 0.25) is 0 Å². The number of nitrogens with one attached hydrogen (secondary N) is 1. The lowest BCUT2D eigenvalue weighted by atomic mass is 10.2. The number of amides is 1. The molecular weight excluding hydrogens is 206 g/mol. The molecule has 1 unspecified atom stereocenters. The molecule has 0 radical (unpaired) electrons. The number of nitrogens with two attached hydrogens (primary N) is 1. The lowest BCUT2D eigenvalue weighted by molar-refractivity contribution is 0.0695. The van der Waals surface area contributed by atoms with Crippen molar-refractivity contribution in [3.05, 3.63) is 24.0 Å². The van der Waals surface area contributed by atoms with Crippen molar-refractivity contribution in [2.75, 3.05) is 18.9 Å². The molecule has 1 aromatic heterocycles. The van der Waals surface area contributed by atoms with Gasteiger partial charge in [-0.2, -0.15) is 0 Å². The number of carbonyl (C=O) groups is 1. The SMILES string of the molecule is CCOC(C)CNC(=O)c1ccncc1N. The van der Waals surface area contributed by atoms with Crippen LogP contribution < -0.4 is 11.1 Å². The van der Waals surface area contributed by atoms with E-state index in [1.165, 1.54) is 12.4 Å². The van der Waals surface area contributed by atoms with E-state index in [0.29, 0.717) is 24.4 Å². The summed E-state index contributed by atoms with van der Waals surface area (Å²) in [5.74, 6) is -0.202. The summed E-state index contributed by atoms with van der Waals surface area (Å²) < 4.78 is 5.30. The fourth-order valence-electron chi connectivity index (χ4n) is 1.29. The smallest absolute Gasteiger partial charge is 0.253 e. The van der Waals surface area contributed by atoms with Gasteiger partial charge in [0.15, 0.2) is 0 Å². The van der Waals surface area contributed by atoms with Crippen molar-refractivity contribution in [1.29, 1.82) is 0 Å². The summed E-state index contributed by atoms with van der Waals surface area (Å²) in [4.78, 5) is 15.5. The van der Waals surface area contributed by atoms with Crippen LogP contribution in [0, 0.1) is 0 Å². The van der Waals surface area contributed by atoms with E-state index in [1.807, 2.05) is 13.8 Å². The topological polar surface area (TPSA) is 77.2 Å². The summed E-state index contributed by atoms with van der Waals surface area (Å²) >= 11 is 0. The molecule has 3 N–H and O–H groups in total. The normalized spacial score (nSPS) is 12.1. The molecular formula is C11H17N3O2. The predicted molar refractivity (Wildman–Crippen MR) is 62.1 cm³/mol. The third kappa shape index (κ3) is 3.51. The number of hydrogen-bond acceptors (Lipinski definition) is 4. The lowest BCUT2D eigenvalue weighted by Gasteiger charge is -2.13. The van der Waals surface area contributed by atoms with Crippen LogP contribution in [-0.2, 0) is 4.74 Å². The van der Waals surface area contributed by atoms with Crippen molar-refractivity contribution >= 4 is 11.6 Å². The minimum atomic E-state index is -0.202. The fraction of sp³-hybridized carbons (Fsp3) is 0.455. The Morgan fingerprint density at radius 1 is 1.69 bits per heavy atom. The van der Waals surface area contributed by atoms with E-state index in [2.05, 4.69) is 10.3 Å². The van der Waals surface area contributed by atoms with Crippen LogP contribution in [0.25, 0.3) is 0 Å². The molecule has 1 atom stereocenters. The highest BCUT2D eigenvalue weighted by atomic mass is 16.5. The second-order valence-corrected chi connectivity index (χ2v) is 3.44. The van der Waals surface area contributed by atoms with Gasteiger partial charge in [0.2, 0.25) is 0 Å². The van der Waals surface area contributed by atoms with Gasteiger partial charge in [0, 0.05) is 19.3 Å². The third-order valence-electron chi connectivity index (χ3n) is 2.10. The van der Waals surface area contributed by atoms with E-state index in [4.69, 9.17) is 10.5 Å². The van der Waals surface area contributed by atoms with Crippen molar-refractivity contribution in [2.24, 2.45) is 0 Å². The third-order valence-corrected chi connectivity index (χ3v) is 2.10. The highest BCUT2D eigenvalue weighted by Crippen LogP contribution is 2.07. The number of hydrogen-bond donors (Lipinski definition) is 2. The lowest BCUT2D eigenvalue weighted by Crippen LogP contribution is -2.32. The molecule has 0 bridgehead atoms. The van der Waals surface area contributed by atoms with Gasteiger partial charge in [-0.25, -0.2) is 0 Å². The maximum atomic E-state index is 11.7. The van der Waals surface area contributed by atoms with Gasteiger partial charge in [-0.3, -0.25) is 9.78 Å². The zero-order chi connectivity index (χ0) is 12.0. The largest absolute Gasteiger partial charge is 0.397 e. The Hall–Kier alpha value is -1.62. The standard InChI is InChI=1S/C11H17N3O2/c1-3-16-8(2)6-14-11(15)9-4-5-13-7-10(9)12/h4-5,7-8H,3,6,12H2,1-2H3,(H,14,15). The average Bonchev–Trinajstić information content (AvgIpc) is 2.27. The van der Waals surface area contributed by atoms with Crippen LogP contribution in [-0.4, -0.2) is 30.1 Å². The monoisotopic (exact) mass is 223 g/mol. The van der Waals surface area contributed by atoms with E-state index in [-0.39, 0.29) is 12.0 Å². The van der Waals surface area contributed by atoms with Gasteiger partial charge >= 0.3 is 0 Å². The summed E-state index contributed by atoms with van der Waals surface area (Å²) in [6.07, 6.45) is 3.00. The van der Waals surface area contributed by atoms with Crippen molar-refractivity contribution in [1.82, 2.24) is 10.3 Å². The van der Waals surface area contributed by atoms with Crippen molar-refractivity contribution < 1.29 is 9.53 Å². The van der Waals surface area contributed by atoms with Crippen LogP contribution in [0.3, 0.4) is 0 Å². The highest BCUT2D eigenvalue weighted by Gasteiger charge is 2.10. The molecule has 1 aromatic rings. The quantitative estimate of drug-likeness (QED) is 0.774. The van der Waals surface area contributed by atoms with Gasteiger partial charge in [0.05, 0.1) is 23.6 Å². The first-order valence-electron chi connectivity index (χ1n) is 5.24. The zero-order valence-corrected chi connectivity index (χ0v) is 9.56. The van der Waals surface area contributed by atoms with Crippen LogP contribution in [0.15, 0.2) is 18.5 Å². The minimum Gasteiger partial charge on any atom is -0.397 e. The number of pyridine rings is 1. The van der Waals surface area contributed by atoms with Crippen molar-refractivity contribution in [3.63, 3.8) is 0 Å². The molecule has 0 aliphatic carbocycles. The highest BCUT2D eigenvalue weighted by molar-refractivity contribution is 5.98. The molecule has 5 heteroatoms. The van der Waals surface area contributed by atoms with Crippen molar-refractivity contribution in [3.8, 4) is 0 Å². The van der Waals surface area contributed by atoms with Crippen LogP contribution in [0.5, 0.6) is 0 Å². The number of nitrogen functional groups attached to an aromatic ring is 1. The molecule has 0 aromatic carbocycles. The van der Waals surface area contributed by atoms with E-state index in [0.717, 1.165) is 0 Å². The summed E-state index contributed by atoms with van der Waals surface area (Å²) in [5.41, 5.74) is 6.45. The fourth-order valence-corrected chi connectivity index (χ4v) is 1.29. The van der Waals surface area contributed by atoms with E-state index >= 15 is 0 Å². The molecule has 0 saturated carbocycles. The van der Waals surface area contributed by atoms with Gasteiger partial charge in [-0.1, -0.05) is 0 Å². The summed E-state index contributed by atoms with van der Waals surface area (Å²) in [5, 5.41) is 2.75. The Kier molecular flexibility index (Phi) is 4.72. The molecule has 0 spiro atoms. The molecule has 0 fully saturated rings. The number of nitrogens with zero attached hydrogens (tertiary/aromatic N) is 1. The first kappa shape index (κ1) is 12.4. The Bertz CT molecular complexity index is 355. The number of ether oxygens (including phenoxy) is 1. The molecule has 1 rings (SSSR count). The first-order chi connectivity index (χ1) is 7.65. The first-order valence-corrected chi connectivity index (χ1v) is 5.24. The molecule has 0 aliphatic heterocycles. The summed E-state index contributed by atoms with van der Waals surface area (Å²) in [6.45, 7) is 4.92. The molecule has 1 amide bonds. The number of aromatic nitrogens is 1. The maximum absolute atomic E-state index is 11.7. The minimum absolute atomic E-state index is 0.00277. The summed E-state index contributed by atoms with van der Waals surface area (Å²) in [6, 6.07) is 1.59. The molecule has 5 nitrogen and oxygen atoms in total. The Labute approximate surface area is 95.0 Å². The van der Waals surface area contributed by atoms with Gasteiger partial charge < -0.3 is 15.8 Å². The van der Waals surface area contributed by atoms with Crippen LogP contribution in [0.1, 0.15) is 24.2 Å². The van der Waals surface area contributed by atoms with E-state index in [9.17, 15) is 4.79 Å². The number of carbonyl (C=O) groups excluding carboxylic acids is 1. The maximum Gasteiger partial charge on any atom is 0.253 e. The molecule has 16 heavy (non-hydrogen) atoms. The number of anilines is 1. The van der Waals surface area contributed by atoms with E-state index in [1.54, 1.807) is 6.07 Å². The molecule has 1 heterocycles. The van der Waals surface area contributed by atoms with Gasteiger partial charge in [0.25, 0.3) is 5.91 Å². The molecule has 88 valence electrons. The summed E-state index contributed by atoms with van der Waals surface area (Å²) in [7, 11) is 0. The average molecular weight is 223 g/mol. The van der Waals surface area contributed by atoms with Gasteiger partial charge in [-0.05, 0) is 19.9 Å². The number of rotatable bonds is 5. The van der Waals surface area contributed by atoms with Crippen molar-refractivity contribution in [2.45, 2.75) is 20.0 Å². The van der Waals surface area contributed by atoms with Gasteiger partial charge in [-0.15, -0.1) is 0 Å².